The number of benzene rings is 1. The highest BCUT2D eigenvalue weighted by atomic mass is 16.5. The number of nitrogens with zero attached hydrogens (tertiary/aromatic N) is 3. The Morgan fingerprint density at radius 3 is 1.83 bits per heavy atom. The van der Waals surface area contributed by atoms with Gasteiger partial charge in [-0.25, -0.2) is 4.98 Å². The van der Waals surface area contributed by atoms with E-state index in [-0.39, 0.29) is 30.4 Å². The number of unbranched alkanes of at least 4 members (excludes halogenated alkanes) is 1. The number of likely N-dealkylation sites (N-methyl/N-ethyl adjacent to an activating group) is 1. The Bertz CT molecular complexity index is 1950. The van der Waals surface area contributed by atoms with Crippen molar-refractivity contribution in [3.05, 3.63) is 110 Å². The summed E-state index contributed by atoms with van der Waals surface area (Å²) in [5, 5.41) is 16.1. The summed E-state index contributed by atoms with van der Waals surface area (Å²) in [4.78, 5) is 36.5. The number of methoxy groups -OCH3 is 1. The van der Waals surface area contributed by atoms with E-state index in [0.717, 1.165) is 100 Å². The molecule has 1 heterocycles. The van der Waals surface area contributed by atoms with Crippen LogP contribution in [-0.2, 0) is 11.2 Å². The average molecular weight is 881 g/mol. The first-order chi connectivity index (χ1) is 30.6. The average Bonchev–Trinajstić information content (AvgIpc) is 3.25. The molecule has 0 spiro atoms. The number of ether oxygens (including phenoxy) is 1. The predicted octanol–water partition coefficient (Wildman–Crippen LogP) is 12.1. The minimum absolute atomic E-state index is 0.0301. The number of hydrogen-bond acceptors (Lipinski definition) is 8. The van der Waals surface area contributed by atoms with Gasteiger partial charge in [0.1, 0.15) is 11.6 Å². The molecule has 2 rings (SSSR count). The number of nitrogens with two attached hydrogens (primary N) is 1. The molecule has 1 atom stereocenters. The predicted molar refractivity (Wildman–Crippen MR) is 270 cm³/mol. The standard InChI is InChI=1S/C54H84N6O4/c1-12-19-48(38-61)58-52-49(45(9)57-54(55)59-52)36-46-31-32-47(37-50(46)64-11)53(63)56-34-35-60(10)51(62)33-30-44(8)29-18-28-43(7)27-17-25-41(5)22-14-13-21-40(4)24-16-26-42(6)23-15-20-39(2)3/h20-22,26-27,29,31-32,37,48,61H,12-19,23-25,28,30,33-36,38H2,1-11H3,(H,56,63)(H3,55,57,58,59)/b40-21+,41-22+,42-26+,43-27+,44-29+. The van der Waals surface area contributed by atoms with E-state index < -0.39 is 0 Å². The lowest BCUT2D eigenvalue weighted by molar-refractivity contribution is -0.129. The van der Waals surface area contributed by atoms with Crippen molar-refractivity contribution in [2.75, 3.05) is 44.9 Å². The topological polar surface area (TPSA) is 143 Å². The van der Waals surface area contributed by atoms with Gasteiger partial charge in [0.05, 0.1) is 19.8 Å². The van der Waals surface area contributed by atoms with Crippen molar-refractivity contribution in [3.63, 3.8) is 0 Å². The van der Waals surface area contributed by atoms with Crippen LogP contribution < -0.4 is 21.1 Å². The van der Waals surface area contributed by atoms with Crippen LogP contribution in [0.5, 0.6) is 5.75 Å². The summed E-state index contributed by atoms with van der Waals surface area (Å²) in [5.74, 6) is 1.10. The molecule has 64 heavy (non-hydrogen) atoms. The maximum Gasteiger partial charge on any atom is 0.251 e. The van der Waals surface area contributed by atoms with Crippen LogP contribution in [0, 0.1) is 6.92 Å². The molecule has 2 aromatic rings. The molecular formula is C54H84N6O4. The Hall–Kier alpha value is -4.96. The first-order valence-electron chi connectivity index (χ1n) is 23.7. The zero-order valence-electron chi connectivity index (χ0n) is 41.6. The second kappa shape index (κ2) is 31.0. The third-order valence-electron chi connectivity index (χ3n) is 11.6. The first-order valence-corrected chi connectivity index (χ1v) is 23.7. The smallest absolute Gasteiger partial charge is 0.251 e. The lowest BCUT2D eigenvalue weighted by Gasteiger charge is -2.20. The van der Waals surface area contributed by atoms with Gasteiger partial charge in [0.25, 0.3) is 5.91 Å². The number of aromatic nitrogens is 2. The molecule has 10 nitrogen and oxygen atoms in total. The molecule has 354 valence electrons. The SMILES string of the molecule is CCCC(CO)Nc1nc(N)nc(C)c1Cc1ccc(C(=O)NCCN(C)C(=O)CC/C(C)=C/CC/C(C)=C/CC/C(C)=C/CC/C=C(\C)CC/C=C(\C)CCC=C(C)C)cc1OC. The number of rotatable bonds is 30. The highest BCUT2D eigenvalue weighted by Crippen LogP contribution is 2.28. The number of hydrogen-bond donors (Lipinski definition) is 4. The number of anilines is 2. The van der Waals surface area contributed by atoms with Gasteiger partial charge in [-0.05, 0) is 150 Å². The van der Waals surface area contributed by atoms with E-state index >= 15 is 0 Å². The minimum Gasteiger partial charge on any atom is -0.496 e. The van der Waals surface area contributed by atoms with Crippen molar-refractivity contribution in [2.45, 2.75) is 165 Å². The van der Waals surface area contributed by atoms with E-state index in [2.05, 4.69) is 112 Å². The zero-order valence-corrected chi connectivity index (χ0v) is 41.6. The van der Waals surface area contributed by atoms with Gasteiger partial charge in [0.2, 0.25) is 11.9 Å². The molecule has 0 bridgehead atoms. The first kappa shape index (κ1) is 55.2. The van der Waals surface area contributed by atoms with Crippen molar-refractivity contribution >= 4 is 23.6 Å². The molecule has 0 fully saturated rings. The lowest BCUT2D eigenvalue weighted by atomic mass is 10.0. The van der Waals surface area contributed by atoms with Crippen LogP contribution in [0.4, 0.5) is 11.8 Å². The summed E-state index contributed by atoms with van der Waals surface area (Å²) in [7, 11) is 3.35. The number of amides is 2. The van der Waals surface area contributed by atoms with Crippen molar-refractivity contribution in [2.24, 2.45) is 0 Å². The second-order valence-electron chi connectivity index (χ2n) is 17.8. The monoisotopic (exact) mass is 881 g/mol. The number of nitrogens with one attached hydrogen (secondary N) is 2. The summed E-state index contributed by atoms with van der Waals surface area (Å²) in [6.07, 6.45) is 28.4. The highest BCUT2D eigenvalue weighted by Gasteiger charge is 2.18. The lowest BCUT2D eigenvalue weighted by Crippen LogP contribution is -2.36. The van der Waals surface area contributed by atoms with Gasteiger partial charge in [-0.15, -0.1) is 0 Å². The van der Waals surface area contributed by atoms with Crippen LogP contribution in [0.1, 0.15) is 172 Å². The second-order valence-corrected chi connectivity index (χ2v) is 17.8. The maximum absolute atomic E-state index is 13.1. The molecule has 10 heteroatoms. The van der Waals surface area contributed by atoms with Crippen molar-refractivity contribution in [3.8, 4) is 5.75 Å². The molecule has 0 radical (unpaired) electrons. The Morgan fingerprint density at radius 1 is 0.781 bits per heavy atom. The molecule has 2 amide bonds. The summed E-state index contributed by atoms with van der Waals surface area (Å²) < 4.78 is 5.70. The zero-order chi connectivity index (χ0) is 47.4. The highest BCUT2D eigenvalue weighted by molar-refractivity contribution is 5.94. The number of carbonyl (C=O) groups excluding carboxylic acids is 2. The van der Waals surface area contributed by atoms with E-state index in [0.29, 0.717) is 43.1 Å². The summed E-state index contributed by atoms with van der Waals surface area (Å²) in [6, 6.07) is 5.19. The van der Waals surface area contributed by atoms with Gasteiger partial charge in [-0.1, -0.05) is 89.3 Å². The minimum atomic E-state index is -0.246. The van der Waals surface area contributed by atoms with E-state index in [4.69, 9.17) is 10.5 Å². The normalized spacial score (nSPS) is 13.2. The fraction of sp³-hybridized carbons (Fsp3) is 0.556. The van der Waals surface area contributed by atoms with Gasteiger partial charge in [-0.3, -0.25) is 9.59 Å². The van der Waals surface area contributed by atoms with Gasteiger partial charge in [-0.2, -0.15) is 4.98 Å². The number of nitrogen functional groups attached to an aromatic ring is 1. The Balaban J connectivity index is 1.73. The molecule has 0 saturated carbocycles. The molecule has 1 aromatic heterocycles. The summed E-state index contributed by atoms with van der Waals surface area (Å²) in [6.45, 7) is 20.1. The van der Waals surface area contributed by atoms with Crippen LogP contribution in [0.3, 0.4) is 0 Å². The van der Waals surface area contributed by atoms with Gasteiger partial charge < -0.3 is 31.1 Å². The number of aryl methyl sites for hydroxylation is 1. The third kappa shape index (κ3) is 22.6. The summed E-state index contributed by atoms with van der Waals surface area (Å²) in [5.41, 5.74) is 17.3. The van der Waals surface area contributed by atoms with E-state index in [1.807, 2.05) is 13.0 Å². The molecular weight excluding hydrogens is 797 g/mol. The van der Waals surface area contributed by atoms with E-state index in [1.54, 1.807) is 31.2 Å². The summed E-state index contributed by atoms with van der Waals surface area (Å²) >= 11 is 0. The fourth-order valence-corrected chi connectivity index (χ4v) is 7.38. The molecule has 1 unspecified atom stereocenters. The van der Waals surface area contributed by atoms with Gasteiger partial charge in [0, 0.05) is 49.8 Å². The van der Waals surface area contributed by atoms with Gasteiger partial charge in [0.15, 0.2) is 0 Å². The Morgan fingerprint density at radius 2 is 1.31 bits per heavy atom. The molecule has 1 aromatic carbocycles. The van der Waals surface area contributed by atoms with Crippen LogP contribution in [0.25, 0.3) is 0 Å². The number of aliphatic hydroxyl groups is 1. The van der Waals surface area contributed by atoms with Crippen LogP contribution in [0.15, 0.2) is 88.1 Å². The van der Waals surface area contributed by atoms with Crippen LogP contribution in [-0.4, -0.2) is 71.7 Å². The van der Waals surface area contributed by atoms with E-state index in [1.165, 1.54) is 33.4 Å². The quantitative estimate of drug-likeness (QED) is 0.0449. The largest absolute Gasteiger partial charge is 0.496 e. The molecule has 0 aliphatic rings. The molecule has 0 aliphatic heterocycles. The third-order valence-corrected chi connectivity index (χ3v) is 11.6. The van der Waals surface area contributed by atoms with Crippen molar-refractivity contribution < 1.29 is 19.4 Å². The number of aliphatic hydroxyl groups excluding tert-OH is 1. The van der Waals surface area contributed by atoms with E-state index in [9.17, 15) is 14.7 Å². The maximum atomic E-state index is 13.1. The Labute approximate surface area is 387 Å². The molecule has 0 saturated heterocycles. The van der Waals surface area contributed by atoms with Crippen LogP contribution >= 0.6 is 0 Å². The van der Waals surface area contributed by atoms with Crippen molar-refractivity contribution in [1.29, 1.82) is 0 Å². The number of allylic oxidation sites excluding steroid dienone is 12. The van der Waals surface area contributed by atoms with Crippen LogP contribution in [0.2, 0.25) is 0 Å². The molecule has 5 N–H and O–H groups in total. The van der Waals surface area contributed by atoms with Crippen molar-refractivity contribution in [1.82, 2.24) is 20.2 Å². The fourth-order valence-electron chi connectivity index (χ4n) is 7.38. The molecule has 0 aliphatic carbocycles. The van der Waals surface area contributed by atoms with Gasteiger partial charge >= 0.3 is 0 Å². The Kier molecular flexibility index (Phi) is 26.7. The number of carbonyl (C=O) groups is 2.